The highest BCUT2D eigenvalue weighted by atomic mass is 16.2. The van der Waals surface area contributed by atoms with Crippen molar-refractivity contribution in [3.05, 3.63) is 34.9 Å². The first-order chi connectivity index (χ1) is 10.5. The van der Waals surface area contributed by atoms with E-state index in [1.54, 1.807) is 23.1 Å². The molecule has 0 bridgehead atoms. The number of nitrogens with one attached hydrogen (secondary N) is 1. The molecule has 3 amide bonds. The third-order valence-electron chi connectivity index (χ3n) is 4.45. The summed E-state index contributed by atoms with van der Waals surface area (Å²) in [4.78, 5) is 39.4. The molecule has 2 heterocycles. The van der Waals surface area contributed by atoms with E-state index < -0.39 is 0 Å². The van der Waals surface area contributed by atoms with Gasteiger partial charge in [0.2, 0.25) is 0 Å². The number of rotatable bonds is 2. The van der Waals surface area contributed by atoms with E-state index in [0.717, 1.165) is 24.3 Å². The quantitative estimate of drug-likeness (QED) is 0.818. The van der Waals surface area contributed by atoms with Crippen molar-refractivity contribution in [3.63, 3.8) is 0 Å². The van der Waals surface area contributed by atoms with Gasteiger partial charge in [0.15, 0.2) is 0 Å². The van der Waals surface area contributed by atoms with E-state index in [9.17, 15) is 14.4 Å². The lowest BCUT2D eigenvalue weighted by atomic mass is 10.0. The van der Waals surface area contributed by atoms with Crippen molar-refractivity contribution in [3.8, 4) is 0 Å². The Morgan fingerprint density at radius 3 is 2.68 bits per heavy atom. The van der Waals surface area contributed by atoms with Crippen LogP contribution in [0, 0.1) is 0 Å². The number of fused-ring (bicyclic) bond motifs is 1. The molecule has 2 aliphatic rings. The fourth-order valence-corrected chi connectivity index (χ4v) is 3.07. The van der Waals surface area contributed by atoms with Crippen LogP contribution in [0.4, 0.5) is 0 Å². The fourth-order valence-electron chi connectivity index (χ4n) is 3.07. The maximum Gasteiger partial charge on any atom is 0.261 e. The summed E-state index contributed by atoms with van der Waals surface area (Å²) in [6.45, 7) is 1.39. The third-order valence-corrected chi connectivity index (χ3v) is 4.45. The van der Waals surface area contributed by atoms with Gasteiger partial charge < -0.3 is 10.2 Å². The van der Waals surface area contributed by atoms with E-state index >= 15 is 0 Å². The molecule has 1 fully saturated rings. The molecular weight excluding hydrogens is 282 g/mol. The minimum absolute atomic E-state index is 0.0856. The van der Waals surface area contributed by atoms with Crippen molar-refractivity contribution in [2.75, 3.05) is 27.2 Å². The average Bonchev–Trinajstić information content (AvgIpc) is 2.78. The summed E-state index contributed by atoms with van der Waals surface area (Å²) in [5.74, 6) is -0.744. The molecule has 0 aliphatic carbocycles. The van der Waals surface area contributed by atoms with Crippen LogP contribution < -0.4 is 5.32 Å². The molecule has 1 saturated heterocycles. The summed E-state index contributed by atoms with van der Waals surface area (Å²) in [7, 11) is 3.35. The summed E-state index contributed by atoms with van der Waals surface area (Å²) in [5.41, 5.74) is 1.16. The fraction of sp³-hybridized carbons (Fsp3) is 0.438. The first-order valence-electron chi connectivity index (χ1n) is 7.46. The number of amides is 3. The highest BCUT2D eigenvalue weighted by Gasteiger charge is 2.34. The van der Waals surface area contributed by atoms with Crippen LogP contribution in [0.25, 0.3) is 0 Å². The second-order valence-electron chi connectivity index (χ2n) is 5.81. The number of hydrogen-bond donors (Lipinski definition) is 1. The Kier molecular flexibility index (Phi) is 3.70. The zero-order valence-electron chi connectivity index (χ0n) is 12.8. The molecule has 1 atom stereocenters. The van der Waals surface area contributed by atoms with Crippen molar-refractivity contribution in [2.24, 2.45) is 0 Å². The lowest BCUT2D eigenvalue weighted by Gasteiger charge is -2.32. The number of carbonyl (C=O) groups excluding carboxylic acids is 3. The molecule has 1 unspecified atom stereocenters. The molecule has 3 rings (SSSR count). The van der Waals surface area contributed by atoms with E-state index in [0.29, 0.717) is 29.3 Å². The largest absolute Gasteiger partial charge is 0.337 e. The number of carbonyl (C=O) groups is 3. The first-order valence-corrected chi connectivity index (χ1v) is 7.46. The lowest BCUT2D eigenvalue weighted by Crippen LogP contribution is -2.47. The molecule has 116 valence electrons. The van der Waals surface area contributed by atoms with Crippen molar-refractivity contribution in [1.82, 2.24) is 15.1 Å². The summed E-state index contributed by atoms with van der Waals surface area (Å²) >= 11 is 0. The monoisotopic (exact) mass is 301 g/mol. The van der Waals surface area contributed by atoms with Gasteiger partial charge >= 0.3 is 0 Å². The normalized spacial score (nSPS) is 21.3. The van der Waals surface area contributed by atoms with Gasteiger partial charge in [0.05, 0.1) is 11.1 Å². The Bertz CT molecular complexity index is 656. The SMILES string of the molecule is CNC1CCCN(C(=O)c2ccc3c(c2)C(=O)N(C)C3=O)C1. The van der Waals surface area contributed by atoms with Gasteiger partial charge in [-0.2, -0.15) is 0 Å². The van der Waals surface area contributed by atoms with Crippen LogP contribution in [0.15, 0.2) is 18.2 Å². The number of imide groups is 1. The lowest BCUT2D eigenvalue weighted by molar-refractivity contribution is 0.0688. The summed E-state index contributed by atoms with van der Waals surface area (Å²) in [6.07, 6.45) is 2.02. The Labute approximate surface area is 129 Å². The Balaban J connectivity index is 1.86. The summed E-state index contributed by atoms with van der Waals surface area (Å²) in [6, 6.07) is 5.06. The number of hydrogen-bond acceptors (Lipinski definition) is 4. The van der Waals surface area contributed by atoms with Crippen molar-refractivity contribution in [1.29, 1.82) is 0 Å². The van der Waals surface area contributed by atoms with Gasteiger partial charge in [0.25, 0.3) is 17.7 Å². The van der Waals surface area contributed by atoms with Gasteiger partial charge in [0, 0.05) is 31.7 Å². The highest BCUT2D eigenvalue weighted by molar-refractivity contribution is 6.21. The van der Waals surface area contributed by atoms with Crippen LogP contribution in [0.1, 0.15) is 43.9 Å². The Hall–Kier alpha value is -2.21. The zero-order chi connectivity index (χ0) is 15.9. The molecular formula is C16H19N3O3. The van der Waals surface area contributed by atoms with E-state index in [1.807, 2.05) is 7.05 Å². The number of benzene rings is 1. The van der Waals surface area contributed by atoms with Gasteiger partial charge in [-0.15, -0.1) is 0 Å². The zero-order valence-corrected chi connectivity index (χ0v) is 12.8. The molecule has 0 radical (unpaired) electrons. The Morgan fingerprint density at radius 2 is 1.95 bits per heavy atom. The van der Waals surface area contributed by atoms with Crippen LogP contribution in [0.3, 0.4) is 0 Å². The first kappa shape index (κ1) is 14.7. The molecule has 2 aliphatic heterocycles. The Morgan fingerprint density at radius 1 is 1.23 bits per heavy atom. The molecule has 1 aromatic rings. The van der Waals surface area contributed by atoms with Crippen LogP contribution in [-0.2, 0) is 0 Å². The maximum absolute atomic E-state index is 12.6. The minimum atomic E-state index is -0.346. The van der Waals surface area contributed by atoms with Crippen molar-refractivity contribution in [2.45, 2.75) is 18.9 Å². The standard InChI is InChI=1S/C16H19N3O3/c1-17-11-4-3-7-19(9-11)14(20)10-5-6-12-13(8-10)16(22)18(2)15(12)21/h5-6,8,11,17H,3-4,7,9H2,1-2H3. The summed E-state index contributed by atoms with van der Waals surface area (Å²) in [5, 5.41) is 3.20. The highest BCUT2D eigenvalue weighted by Crippen LogP contribution is 2.24. The predicted octanol–water partition coefficient (Wildman–Crippen LogP) is 0.736. The van der Waals surface area contributed by atoms with Crippen molar-refractivity contribution < 1.29 is 14.4 Å². The van der Waals surface area contributed by atoms with Crippen LogP contribution in [0.5, 0.6) is 0 Å². The molecule has 1 N–H and O–H groups in total. The van der Waals surface area contributed by atoms with E-state index in [1.165, 1.54) is 7.05 Å². The molecule has 0 aromatic heterocycles. The van der Waals surface area contributed by atoms with E-state index in [4.69, 9.17) is 0 Å². The smallest absolute Gasteiger partial charge is 0.261 e. The summed E-state index contributed by atoms with van der Waals surface area (Å²) < 4.78 is 0. The average molecular weight is 301 g/mol. The number of nitrogens with zero attached hydrogens (tertiary/aromatic N) is 2. The van der Waals surface area contributed by atoms with Gasteiger partial charge in [-0.25, -0.2) is 0 Å². The molecule has 22 heavy (non-hydrogen) atoms. The number of likely N-dealkylation sites (N-methyl/N-ethyl adjacent to an activating group) is 1. The topological polar surface area (TPSA) is 69.7 Å². The molecule has 6 heteroatoms. The van der Waals surface area contributed by atoms with Gasteiger partial charge in [-0.1, -0.05) is 0 Å². The molecule has 6 nitrogen and oxygen atoms in total. The van der Waals surface area contributed by atoms with Crippen LogP contribution in [-0.4, -0.2) is 60.7 Å². The minimum Gasteiger partial charge on any atom is -0.337 e. The number of piperidine rings is 1. The van der Waals surface area contributed by atoms with Gasteiger partial charge in [-0.3, -0.25) is 19.3 Å². The predicted molar refractivity (Wildman–Crippen MR) is 80.9 cm³/mol. The second-order valence-corrected chi connectivity index (χ2v) is 5.81. The van der Waals surface area contributed by atoms with Crippen LogP contribution in [0.2, 0.25) is 0 Å². The van der Waals surface area contributed by atoms with Gasteiger partial charge in [-0.05, 0) is 38.1 Å². The third kappa shape index (κ3) is 2.29. The van der Waals surface area contributed by atoms with Gasteiger partial charge in [0.1, 0.15) is 0 Å². The second kappa shape index (κ2) is 5.53. The molecule has 0 saturated carbocycles. The van der Waals surface area contributed by atoms with Crippen LogP contribution >= 0.6 is 0 Å². The van der Waals surface area contributed by atoms with E-state index in [-0.39, 0.29) is 17.7 Å². The maximum atomic E-state index is 12.6. The molecule has 1 aromatic carbocycles. The van der Waals surface area contributed by atoms with E-state index in [2.05, 4.69) is 5.32 Å². The molecule has 0 spiro atoms. The van der Waals surface area contributed by atoms with Crippen molar-refractivity contribution >= 4 is 17.7 Å². The number of likely N-dealkylation sites (tertiary alicyclic amines) is 1.